The molecule has 2 heterocycles. The highest BCUT2D eigenvalue weighted by Gasteiger charge is 2.23. The molecule has 0 bridgehead atoms. The molecule has 4 N–H and O–H groups in total. The van der Waals surface area contributed by atoms with Gasteiger partial charge in [0.25, 0.3) is 0 Å². The van der Waals surface area contributed by atoms with Gasteiger partial charge in [-0.2, -0.15) is 9.78 Å². The Bertz CT molecular complexity index is 629. The molecule has 0 atom stereocenters. The molecule has 0 fully saturated rings. The van der Waals surface area contributed by atoms with E-state index in [1.807, 2.05) is 0 Å². The third-order valence-electron chi connectivity index (χ3n) is 3.25. The first-order chi connectivity index (χ1) is 9.15. The van der Waals surface area contributed by atoms with Crippen molar-refractivity contribution >= 4 is 11.8 Å². The Morgan fingerprint density at radius 2 is 2.16 bits per heavy atom. The molecule has 6 heteroatoms. The third kappa shape index (κ3) is 2.05. The first-order valence-electron chi connectivity index (χ1n) is 6.08. The summed E-state index contributed by atoms with van der Waals surface area (Å²) < 4.78 is 14.3. The molecule has 0 spiro atoms. The molecule has 0 unspecified atom stereocenters. The Hall–Kier alpha value is -2.37. The van der Waals surface area contributed by atoms with Crippen LogP contribution in [0.15, 0.2) is 24.3 Å². The van der Waals surface area contributed by atoms with E-state index >= 15 is 0 Å². The van der Waals surface area contributed by atoms with Gasteiger partial charge in [0.05, 0.1) is 5.69 Å². The summed E-state index contributed by atoms with van der Waals surface area (Å²) in [6, 6.07) is 6.37. The minimum Gasteiger partial charge on any atom is -0.369 e. The Morgan fingerprint density at radius 3 is 2.84 bits per heavy atom. The van der Waals surface area contributed by atoms with Crippen molar-refractivity contribution in [2.45, 2.75) is 12.8 Å². The number of hydrogen-bond donors (Lipinski definition) is 3. The van der Waals surface area contributed by atoms with E-state index in [0.29, 0.717) is 6.42 Å². The number of anilines is 1. The van der Waals surface area contributed by atoms with Gasteiger partial charge in [0.15, 0.2) is 0 Å². The predicted octanol–water partition coefficient (Wildman–Crippen LogP) is 1.32. The topological polar surface area (TPSA) is 79.7 Å². The van der Waals surface area contributed by atoms with Gasteiger partial charge in [0.2, 0.25) is 5.96 Å². The monoisotopic (exact) mass is 259 g/mol. The summed E-state index contributed by atoms with van der Waals surface area (Å²) in [6.07, 6.45) is 1.49. The van der Waals surface area contributed by atoms with Gasteiger partial charge in [-0.1, -0.05) is 12.1 Å². The number of aromatic nitrogens is 2. The Morgan fingerprint density at radius 1 is 1.42 bits per heavy atom. The molecule has 2 aromatic rings. The van der Waals surface area contributed by atoms with E-state index in [1.165, 1.54) is 16.8 Å². The summed E-state index contributed by atoms with van der Waals surface area (Å²) in [5.74, 6) is 0.463. The number of hydrogen-bond acceptors (Lipinski definition) is 3. The fourth-order valence-corrected chi connectivity index (χ4v) is 2.36. The summed E-state index contributed by atoms with van der Waals surface area (Å²) in [4.78, 5) is 0. The first-order valence-corrected chi connectivity index (χ1v) is 6.08. The lowest BCUT2D eigenvalue weighted by atomic mass is 10.1. The van der Waals surface area contributed by atoms with Crippen LogP contribution in [0.3, 0.4) is 0 Å². The maximum absolute atomic E-state index is 12.9. The largest absolute Gasteiger partial charge is 0.369 e. The van der Waals surface area contributed by atoms with Crippen molar-refractivity contribution in [1.29, 1.82) is 5.41 Å². The second kappa shape index (κ2) is 4.38. The van der Waals surface area contributed by atoms with Crippen molar-refractivity contribution in [3.63, 3.8) is 0 Å². The molecule has 1 aromatic carbocycles. The van der Waals surface area contributed by atoms with Gasteiger partial charge in [-0.3, -0.25) is 5.41 Å². The molecule has 0 amide bonds. The van der Waals surface area contributed by atoms with Crippen molar-refractivity contribution in [3.8, 4) is 0 Å². The van der Waals surface area contributed by atoms with Gasteiger partial charge in [-0.15, -0.1) is 0 Å². The lowest BCUT2D eigenvalue weighted by molar-refractivity contribution is 0.627. The highest BCUT2D eigenvalue weighted by molar-refractivity contribution is 5.81. The fourth-order valence-electron chi connectivity index (χ4n) is 2.36. The molecule has 1 aliphatic rings. The Labute approximate surface area is 109 Å². The molecule has 1 aromatic heterocycles. The molecular weight excluding hydrogens is 245 g/mol. The zero-order valence-electron chi connectivity index (χ0n) is 10.3. The van der Waals surface area contributed by atoms with Crippen LogP contribution in [0, 0.1) is 11.2 Å². The minimum absolute atomic E-state index is 0.101. The van der Waals surface area contributed by atoms with E-state index in [2.05, 4.69) is 10.4 Å². The molecular formula is C13H14FN5. The van der Waals surface area contributed by atoms with Gasteiger partial charge in [-0.25, -0.2) is 4.39 Å². The zero-order valence-corrected chi connectivity index (χ0v) is 10.3. The van der Waals surface area contributed by atoms with Crippen LogP contribution < -0.4 is 11.1 Å². The molecule has 3 rings (SSSR count). The van der Waals surface area contributed by atoms with Gasteiger partial charge in [-0.05, 0) is 24.1 Å². The lowest BCUT2D eigenvalue weighted by Gasteiger charge is -2.02. The number of nitrogens with two attached hydrogens (primary N) is 1. The molecule has 98 valence electrons. The maximum atomic E-state index is 12.9. The summed E-state index contributed by atoms with van der Waals surface area (Å²) in [5.41, 5.74) is 8.48. The van der Waals surface area contributed by atoms with Crippen LogP contribution in [0.2, 0.25) is 0 Å². The Balaban J connectivity index is 1.95. The average Bonchev–Trinajstić information content (AvgIpc) is 2.95. The Kier molecular flexibility index (Phi) is 2.70. The highest BCUT2D eigenvalue weighted by atomic mass is 19.1. The van der Waals surface area contributed by atoms with Gasteiger partial charge in [0, 0.05) is 18.5 Å². The molecule has 0 aliphatic carbocycles. The molecule has 1 aliphatic heterocycles. The average molecular weight is 259 g/mol. The number of benzene rings is 1. The van der Waals surface area contributed by atoms with Gasteiger partial charge < -0.3 is 11.1 Å². The SMILES string of the molecule is N=C(N)n1nc(Cc2ccc(F)cc2)c2c1NCC2. The van der Waals surface area contributed by atoms with E-state index in [4.69, 9.17) is 11.1 Å². The van der Waals surface area contributed by atoms with E-state index in [-0.39, 0.29) is 11.8 Å². The summed E-state index contributed by atoms with van der Waals surface area (Å²) >= 11 is 0. The molecule has 19 heavy (non-hydrogen) atoms. The maximum Gasteiger partial charge on any atom is 0.215 e. The molecule has 0 saturated heterocycles. The number of fused-ring (bicyclic) bond motifs is 1. The van der Waals surface area contributed by atoms with Crippen LogP contribution in [-0.2, 0) is 12.8 Å². The van der Waals surface area contributed by atoms with E-state index in [9.17, 15) is 4.39 Å². The van der Waals surface area contributed by atoms with Crippen molar-refractivity contribution < 1.29 is 4.39 Å². The first kappa shape index (κ1) is 11.7. The van der Waals surface area contributed by atoms with Crippen molar-refractivity contribution in [3.05, 3.63) is 46.9 Å². The number of nitrogens with zero attached hydrogens (tertiary/aromatic N) is 2. The zero-order chi connectivity index (χ0) is 13.4. The normalized spacial score (nSPS) is 13.1. The number of nitrogens with one attached hydrogen (secondary N) is 2. The smallest absolute Gasteiger partial charge is 0.215 e. The third-order valence-corrected chi connectivity index (χ3v) is 3.25. The van der Waals surface area contributed by atoms with Crippen LogP contribution in [0.25, 0.3) is 0 Å². The second-order valence-corrected chi connectivity index (χ2v) is 4.55. The second-order valence-electron chi connectivity index (χ2n) is 4.55. The van der Waals surface area contributed by atoms with Crippen molar-refractivity contribution in [1.82, 2.24) is 9.78 Å². The van der Waals surface area contributed by atoms with Crippen molar-refractivity contribution in [2.75, 3.05) is 11.9 Å². The van der Waals surface area contributed by atoms with E-state index < -0.39 is 0 Å². The minimum atomic E-state index is -0.245. The molecule has 5 nitrogen and oxygen atoms in total. The predicted molar refractivity (Wildman–Crippen MR) is 70.9 cm³/mol. The summed E-state index contributed by atoms with van der Waals surface area (Å²) in [6.45, 7) is 0.830. The number of rotatable bonds is 2. The van der Waals surface area contributed by atoms with Gasteiger partial charge >= 0.3 is 0 Å². The molecule has 0 radical (unpaired) electrons. The van der Waals surface area contributed by atoms with E-state index in [1.54, 1.807) is 12.1 Å². The van der Waals surface area contributed by atoms with Gasteiger partial charge in [0.1, 0.15) is 11.6 Å². The van der Waals surface area contributed by atoms with Crippen LogP contribution in [0.1, 0.15) is 16.8 Å². The van der Waals surface area contributed by atoms with E-state index in [0.717, 1.165) is 35.6 Å². The van der Waals surface area contributed by atoms with Crippen LogP contribution in [0.5, 0.6) is 0 Å². The van der Waals surface area contributed by atoms with Crippen LogP contribution in [0.4, 0.5) is 10.2 Å². The summed E-state index contributed by atoms with van der Waals surface area (Å²) in [7, 11) is 0. The molecule has 0 saturated carbocycles. The summed E-state index contributed by atoms with van der Waals surface area (Å²) in [5, 5.41) is 15.1. The standard InChI is InChI=1S/C13H14FN5/c14-9-3-1-8(2-4-9)7-11-10-5-6-17-12(10)19(18-11)13(15)16/h1-4,17H,5-7H2,(H3,15,16). The highest BCUT2D eigenvalue weighted by Crippen LogP contribution is 2.27. The van der Waals surface area contributed by atoms with Crippen molar-refractivity contribution in [2.24, 2.45) is 5.73 Å². The quantitative estimate of drug-likeness (QED) is 0.562. The number of halogens is 1. The van der Waals surface area contributed by atoms with Crippen LogP contribution >= 0.6 is 0 Å². The number of nitrogen functional groups attached to an aromatic ring is 1. The fraction of sp³-hybridized carbons (Fsp3) is 0.231. The van der Waals surface area contributed by atoms with Crippen LogP contribution in [-0.4, -0.2) is 22.3 Å². The lowest BCUT2D eigenvalue weighted by Crippen LogP contribution is -2.23.